The van der Waals surface area contributed by atoms with Crippen molar-refractivity contribution in [2.24, 2.45) is 20.5 Å². The Morgan fingerprint density at radius 2 is 1.50 bits per heavy atom. The van der Waals surface area contributed by atoms with Gasteiger partial charge in [0.15, 0.2) is 5.75 Å². The first-order valence-electron chi connectivity index (χ1n) is 10.5. The molecule has 196 valence electrons. The fourth-order valence-corrected chi connectivity index (χ4v) is 4.58. The summed E-state index contributed by atoms with van der Waals surface area (Å²) in [5, 5.41) is 27.0. The van der Waals surface area contributed by atoms with Crippen molar-refractivity contribution in [3.8, 4) is 11.5 Å². The highest BCUT2D eigenvalue weighted by Gasteiger charge is 2.22. The van der Waals surface area contributed by atoms with Crippen molar-refractivity contribution in [2.75, 3.05) is 12.8 Å². The van der Waals surface area contributed by atoms with Crippen molar-refractivity contribution in [3.63, 3.8) is 0 Å². The normalized spacial score (nSPS) is 12.5. The lowest BCUT2D eigenvalue weighted by atomic mass is 10.1. The Morgan fingerprint density at radius 1 is 0.789 bits per heavy atom. The topological polar surface area (TPSA) is 214 Å². The molecule has 0 spiro atoms. The minimum atomic E-state index is -4.80. The molecule has 5 N–H and O–H groups in total. The highest BCUT2D eigenvalue weighted by Crippen LogP contribution is 2.42. The second-order valence-electron chi connectivity index (χ2n) is 7.76. The first-order chi connectivity index (χ1) is 17.9. The Kier molecular flexibility index (Phi) is 7.10. The van der Waals surface area contributed by atoms with E-state index >= 15 is 0 Å². The maximum absolute atomic E-state index is 12.0. The van der Waals surface area contributed by atoms with Gasteiger partial charge >= 0.3 is 0 Å². The summed E-state index contributed by atoms with van der Waals surface area (Å²) in [7, 11) is -7.86. The number of ether oxygens (including phenoxy) is 1. The zero-order valence-electron chi connectivity index (χ0n) is 19.4. The molecule has 15 heteroatoms. The molecular formula is C23H19N5O8S2. The Balaban J connectivity index is 1.71. The molecular weight excluding hydrogens is 538 g/mol. The molecule has 0 saturated heterocycles. The van der Waals surface area contributed by atoms with Gasteiger partial charge in [-0.25, -0.2) is 0 Å². The smallest absolute Gasteiger partial charge is 0.296 e. The van der Waals surface area contributed by atoms with Gasteiger partial charge in [0.2, 0.25) is 0 Å². The van der Waals surface area contributed by atoms with Gasteiger partial charge in [-0.2, -0.15) is 27.1 Å². The molecule has 0 aromatic heterocycles. The summed E-state index contributed by atoms with van der Waals surface area (Å²) in [6.45, 7) is 0. The van der Waals surface area contributed by atoms with Gasteiger partial charge in [0.1, 0.15) is 22.0 Å². The number of nitrogens with zero attached hydrogens (tertiary/aromatic N) is 4. The van der Waals surface area contributed by atoms with Crippen molar-refractivity contribution >= 4 is 59.4 Å². The fraction of sp³-hybridized carbons (Fsp3) is 0.0435. The Hall–Kier alpha value is -4.44. The number of rotatable bonds is 7. The van der Waals surface area contributed by atoms with Crippen molar-refractivity contribution in [2.45, 2.75) is 9.79 Å². The first kappa shape index (κ1) is 26.6. The summed E-state index contributed by atoms with van der Waals surface area (Å²) < 4.78 is 70.8. The van der Waals surface area contributed by atoms with Crippen molar-refractivity contribution in [1.82, 2.24) is 0 Å². The number of nitrogens with two attached hydrogens (primary N) is 1. The number of aromatic hydroxyl groups is 1. The van der Waals surface area contributed by atoms with Crippen molar-refractivity contribution in [1.29, 1.82) is 0 Å². The molecule has 0 saturated carbocycles. The van der Waals surface area contributed by atoms with E-state index in [-0.39, 0.29) is 38.5 Å². The van der Waals surface area contributed by atoms with E-state index in [0.717, 1.165) is 12.1 Å². The van der Waals surface area contributed by atoms with Gasteiger partial charge in [0, 0.05) is 17.1 Å². The predicted octanol–water partition coefficient (Wildman–Crippen LogP) is 5.46. The van der Waals surface area contributed by atoms with E-state index in [9.17, 15) is 26.5 Å². The molecule has 0 bridgehead atoms. The fourth-order valence-electron chi connectivity index (χ4n) is 3.40. The third kappa shape index (κ3) is 5.76. The Bertz CT molecular complexity index is 1840. The Morgan fingerprint density at radius 3 is 2.16 bits per heavy atom. The van der Waals surface area contributed by atoms with E-state index in [1.54, 1.807) is 0 Å². The monoisotopic (exact) mass is 557 g/mol. The molecule has 0 aliphatic carbocycles. The van der Waals surface area contributed by atoms with Crippen LogP contribution in [0.5, 0.6) is 11.5 Å². The minimum absolute atomic E-state index is 0.123. The maximum Gasteiger partial charge on any atom is 0.296 e. The summed E-state index contributed by atoms with van der Waals surface area (Å²) in [5.74, 6) is -0.381. The van der Waals surface area contributed by atoms with Crippen LogP contribution >= 0.6 is 0 Å². The van der Waals surface area contributed by atoms with Crippen LogP contribution in [-0.4, -0.2) is 38.2 Å². The molecule has 4 aromatic rings. The third-order valence-corrected chi connectivity index (χ3v) is 6.89. The van der Waals surface area contributed by atoms with Crippen LogP contribution in [0, 0.1) is 0 Å². The van der Waals surface area contributed by atoms with Crippen LogP contribution in [0.2, 0.25) is 0 Å². The predicted molar refractivity (Wildman–Crippen MR) is 137 cm³/mol. The van der Waals surface area contributed by atoms with Gasteiger partial charge in [-0.05, 0) is 60.0 Å². The van der Waals surface area contributed by atoms with Gasteiger partial charge in [0.25, 0.3) is 20.2 Å². The molecule has 0 amide bonds. The van der Waals surface area contributed by atoms with Gasteiger partial charge in [-0.3, -0.25) is 9.11 Å². The number of phenolic OH excluding ortho intramolecular Hbond substituents is 1. The number of methoxy groups -OCH3 is 1. The third-order valence-electron chi connectivity index (χ3n) is 5.17. The molecule has 0 aliphatic rings. The van der Waals surface area contributed by atoms with E-state index in [0.29, 0.717) is 5.69 Å². The lowest BCUT2D eigenvalue weighted by Crippen LogP contribution is -1.99. The summed E-state index contributed by atoms with van der Waals surface area (Å²) in [5.41, 5.74) is 6.12. The quantitative estimate of drug-likeness (QED) is 0.129. The van der Waals surface area contributed by atoms with Crippen LogP contribution in [0.25, 0.3) is 10.8 Å². The Labute approximate surface area is 216 Å². The van der Waals surface area contributed by atoms with Crippen LogP contribution < -0.4 is 10.5 Å². The van der Waals surface area contributed by atoms with Crippen LogP contribution in [0.15, 0.2) is 97.0 Å². The van der Waals surface area contributed by atoms with Gasteiger partial charge in [0.05, 0.1) is 23.4 Å². The SMILES string of the molecule is COc1cc(N=Nc2cccc(S(=O)(=O)O)c2)ccc1N=Nc1c(S(=O)(=O)O)cc2cc(N)ccc2c1O. The summed E-state index contributed by atoms with van der Waals surface area (Å²) in [6.07, 6.45) is 0. The molecule has 0 radical (unpaired) electrons. The average Bonchev–Trinajstić information content (AvgIpc) is 2.86. The number of hydrogen-bond acceptors (Lipinski definition) is 11. The van der Waals surface area contributed by atoms with Gasteiger partial charge in [-0.15, -0.1) is 10.2 Å². The standard InChI is InChI=1S/C23H19N5O8S2/c1-36-20-12-16(26-25-15-3-2-4-17(11-15)37(30,31)32)6-8-19(20)27-28-22-21(38(33,34)35)10-13-9-14(24)5-7-18(13)23(22)29/h2-12,29H,24H2,1H3,(H,30,31,32)(H,33,34,35). The molecule has 4 aromatic carbocycles. The maximum atomic E-state index is 12.0. The molecule has 0 fully saturated rings. The molecule has 4 rings (SSSR count). The van der Waals surface area contributed by atoms with E-state index in [1.165, 1.54) is 61.7 Å². The summed E-state index contributed by atoms with van der Waals surface area (Å²) >= 11 is 0. The molecule has 0 aliphatic heterocycles. The van der Waals surface area contributed by atoms with Crippen LogP contribution in [0.4, 0.5) is 28.4 Å². The number of azo groups is 2. The van der Waals surface area contributed by atoms with Gasteiger partial charge < -0.3 is 15.6 Å². The number of phenols is 1. The first-order valence-corrected chi connectivity index (χ1v) is 13.4. The van der Waals surface area contributed by atoms with E-state index in [2.05, 4.69) is 20.5 Å². The molecule has 13 nitrogen and oxygen atoms in total. The molecule has 0 atom stereocenters. The number of nitrogen functional groups attached to an aromatic ring is 1. The lowest BCUT2D eigenvalue weighted by molar-refractivity contribution is 0.416. The summed E-state index contributed by atoms with van der Waals surface area (Å²) in [4.78, 5) is -1.01. The highest BCUT2D eigenvalue weighted by molar-refractivity contribution is 7.86. The molecule has 0 unspecified atom stereocenters. The zero-order chi connectivity index (χ0) is 27.7. The van der Waals surface area contributed by atoms with Crippen molar-refractivity contribution < 1.29 is 35.8 Å². The summed E-state index contributed by atoms with van der Waals surface area (Å²) in [6, 6.07) is 15.1. The van der Waals surface area contributed by atoms with E-state index in [1.807, 2.05) is 0 Å². The van der Waals surface area contributed by atoms with E-state index in [4.69, 9.17) is 15.0 Å². The number of benzene rings is 4. The highest BCUT2D eigenvalue weighted by atomic mass is 32.2. The van der Waals surface area contributed by atoms with Crippen molar-refractivity contribution in [3.05, 3.63) is 66.7 Å². The van der Waals surface area contributed by atoms with Crippen LogP contribution in [0.3, 0.4) is 0 Å². The molecule has 38 heavy (non-hydrogen) atoms. The number of anilines is 1. The molecule has 0 heterocycles. The average molecular weight is 558 g/mol. The van der Waals surface area contributed by atoms with Crippen LogP contribution in [-0.2, 0) is 20.2 Å². The largest absolute Gasteiger partial charge is 0.505 e. The number of hydrogen-bond donors (Lipinski definition) is 4. The zero-order valence-corrected chi connectivity index (χ0v) is 21.0. The van der Waals surface area contributed by atoms with E-state index < -0.39 is 36.6 Å². The minimum Gasteiger partial charge on any atom is -0.505 e. The lowest BCUT2D eigenvalue weighted by Gasteiger charge is -2.09. The second kappa shape index (κ2) is 10.1. The second-order valence-corrected chi connectivity index (χ2v) is 10.6. The van der Waals surface area contributed by atoms with Gasteiger partial charge in [-0.1, -0.05) is 6.07 Å². The number of fused-ring (bicyclic) bond motifs is 1. The van der Waals surface area contributed by atoms with Crippen LogP contribution in [0.1, 0.15) is 0 Å².